The molecular weight excluding hydrogens is 416 g/mol. The lowest BCUT2D eigenvalue weighted by Gasteiger charge is -2.12. The summed E-state index contributed by atoms with van der Waals surface area (Å²) in [5.41, 5.74) is 3.41. The summed E-state index contributed by atoms with van der Waals surface area (Å²) in [6.07, 6.45) is 0. The van der Waals surface area contributed by atoms with E-state index in [4.69, 9.17) is 4.74 Å². The maximum atomic E-state index is 12.2. The molecule has 0 fully saturated rings. The van der Waals surface area contributed by atoms with E-state index in [2.05, 4.69) is 15.6 Å². The van der Waals surface area contributed by atoms with Crippen LogP contribution in [0.4, 0.5) is 5.69 Å². The van der Waals surface area contributed by atoms with Crippen LogP contribution < -0.4 is 10.6 Å². The monoisotopic (exact) mass is 440 g/mol. The quantitative estimate of drug-likeness (QED) is 0.478. The van der Waals surface area contributed by atoms with Gasteiger partial charge in [-0.25, -0.2) is 9.78 Å². The minimum absolute atomic E-state index is 0.0312. The lowest BCUT2D eigenvalue weighted by Crippen LogP contribution is -2.34. The fraction of sp³-hybridized carbons (Fsp3) is 0.318. The molecule has 162 valence electrons. The van der Waals surface area contributed by atoms with Gasteiger partial charge in [0, 0.05) is 5.69 Å². The summed E-state index contributed by atoms with van der Waals surface area (Å²) in [4.78, 5) is 40.5. The number of para-hydroxylation sites is 1. The normalized spacial score (nSPS) is 10.2. The molecule has 31 heavy (non-hydrogen) atoms. The predicted octanol–water partition coefficient (Wildman–Crippen LogP) is 2.90. The Morgan fingerprint density at radius 2 is 1.84 bits per heavy atom. The van der Waals surface area contributed by atoms with E-state index >= 15 is 0 Å². The van der Waals surface area contributed by atoms with Crippen molar-refractivity contribution < 1.29 is 19.1 Å². The largest absolute Gasteiger partial charge is 0.462 e. The van der Waals surface area contributed by atoms with Gasteiger partial charge >= 0.3 is 5.97 Å². The third kappa shape index (κ3) is 6.55. The van der Waals surface area contributed by atoms with E-state index in [1.54, 1.807) is 13.8 Å². The van der Waals surface area contributed by atoms with E-state index in [1.807, 2.05) is 38.1 Å². The fourth-order valence-electron chi connectivity index (χ4n) is 2.75. The average molecular weight is 441 g/mol. The van der Waals surface area contributed by atoms with Gasteiger partial charge in [-0.1, -0.05) is 30.0 Å². The average Bonchev–Trinajstić information content (AvgIpc) is 2.73. The lowest BCUT2D eigenvalue weighted by atomic mass is 10.1. The first kappa shape index (κ1) is 23.9. The number of anilines is 1. The van der Waals surface area contributed by atoms with Crippen LogP contribution in [0.5, 0.6) is 0 Å². The summed E-state index contributed by atoms with van der Waals surface area (Å²) < 4.78 is 4.96. The number of amides is 2. The lowest BCUT2D eigenvalue weighted by molar-refractivity contribution is -0.122. The van der Waals surface area contributed by atoms with Crippen molar-refractivity contribution in [3.05, 3.63) is 52.2 Å². The Hall–Kier alpha value is -3.38. The number of carbonyl (C=O) groups is 3. The molecule has 2 amide bonds. The second-order valence-electron chi connectivity index (χ2n) is 6.69. The van der Waals surface area contributed by atoms with Crippen molar-refractivity contribution in [2.75, 3.05) is 24.2 Å². The number of pyridine rings is 1. The summed E-state index contributed by atoms with van der Waals surface area (Å²) in [5.74, 6) is -1.29. The number of nitrogens with zero attached hydrogens (tertiary/aromatic N) is 2. The van der Waals surface area contributed by atoms with Gasteiger partial charge in [0.15, 0.2) is 0 Å². The van der Waals surface area contributed by atoms with Crippen LogP contribution in [0.1, 0.15) is 39.7 Å². The van der Waals surface area contributed by atoms with Crippen molar-refractivity contribution in [3.8, 4) is 6.07 Å². The number of ether oxygens (including phenoxy) is 1. The standard InChI is InChI=1S/C22H24N4O4S/c1-5-30-22(29)17-9-16(10-23)21(25-15(17)4)31-12-19(28)24-11-18(27)26-20-13(2)7-6-8-14(20)3/h6-9H,5,11-12H2,1-4H3,(H,24,28)(H,26,27). The Balaban J connectivity index is 1.94. The topological polar surface area (TPSA) is 121 Å². The van der Waals surface area contributed by atoms with Crippen molar-refractivity contribution in [2.24, 2.45) is 0 Å². The molecule has 0 aliphatic rings. The summed E-state index contributed by atoms with van der Waals surface area (Å²) >= 11 is 1.06. The van der Waals surface area contributed by atoms with E-state index in [1.165, 1.54) is 6.07 Å². The first-order chi connectivity index (χ1) is 14.8. The zero-order valence-electron chi connectivity index (χ0n) is 17.9. The van der Waals surface area contributed by atoms with Crippen LogP contribution in [0.25, 0.3) is 0 Å². The van der Waals surface area contributed by atoms with Crippen LogP contribution in [0.3, 0.4) is 0 Å². The summed E-state index contributed by atoms with van der Waals surface area (Å²) in [6.45, 7) is 7.16. The molecule has 8 nitrogen and oxygen atoms in total. The highest BCUT2D eigenvalue weighted by Gasteiger charge is 2.17. The van der Waals surface area contributed by atoms with Crippen molar-refractivity contribution in [1.29, 1.82) is 5.26 Å². The van der Waals surface area contributed by atoms with Crippen LogP contribution >= 0.6 is 11.8 Å². The third-order valence-electron chi connectivity index (χ3n) is 4.33. The van der Waals surface area contributed by atoms with Gasteiger partial charge in [-0.3, -0.25) is 9.59 Å². The van der Waals surface area contributed by atoms with Crippen LogP contribution in [0.2, 0.25) is 0 Å². The number of benzene rings is 1. The van der Waals surface area contributed by atoms with Crippen molar-refractivity contribution in [2.45, 2.75) is 32.7 Å². The summed E-state index contributed by atoms with van der Waals surface area (Å²) in [5, 5.41) is 15.1. The maximum absolute atomic E-state index is 12.2. The first-order valence-corrected chi connectivity index (χ1v) is 10.6. The Morgan fingerprint density at radius 3 is 2.45 bits per heavy atom. The van der Waals surface area contributed by atoms with Gasteiger partial charge in [-0.2, -0.15) is 5.26 Å². The SMILES string of the molecule is CCOC(=O)c1cc(C#N)c(SCC(=O)NCC(=O)Nc2c(C)cccc2C)nc1C. The molecule has 1 aromatic carbocycles. The Labute approximate surface area is 185 Å². The van der Waals surface area contributed by atoms with Crippen molar-refractivity contribution in [1.82, 2.24) is 10.3 Å². The first-order valence-electron chi connectivity index (χ1n) is 9.61. The smallest absolute Gasteiger partial charge is 0.340 e. The number of nitrogens with one attached hydrogen (secondary N) is 2. The Bertz CT molecular complexity index is 1030. The minimum atomic E-state index is -0.548. The van der Waals surface area contributed by atoms with Gasteiger partial charge < -0.3 is 15.4 Å². The molecule has 0 aliphatic heterocycles. The van der Waals surface area contributed by atoms with Crippen LogP contribution in [0, 0.1) is 32.1 Å². The number of hydrogen-bond donors (Lipinski definition) is 2. The fourth-order valence-corrected chi connectivity index (χ4v) is 3.58. The molecule has 0 radical (unpaired) electrons. The van der Waals surface area contributed by atoms with Crippen LogP contribution in [-0.4, -0.2) is 41.7 Å². The number of carbonyl (C=O) groups excluding carboxylic acids is 3. The zero-order chi connectivity index (χ0) is 23.0. The molecule has 0 saturated carbocycles. The van der Waals surface area contributed by atoms with Gasteiger partial charge in [0.2, 0.25) is 11.8 Å². The van der Waals surface area contributed by atoms with Gasteiger partial charge in [0.05, 0.1) is 35.7 Å². The van der Waals surface area contributed by atoms with Crippen molar-refractivity contribution in [3.63, 3.8) is 0 Å². The molecular formula is C22H24N4O4S. The molecule has 1 heterocycles. The molecule has 0 saturated heterocycles. The van der Waals surface area contributed by atoms with E-state index in [9.17, 15) is 19.6 Å². The molecule has 0 aliphatic carbocycles. The number of aryl methyl sites for hydroxylation is 3. The van der Waals surface area contributed by atoms with E-state index in [-0.39, 0.29) is 41.8 Å². The summed E-state index contributed by atoms with van der Waals surface area (Å²) in [6, 6.07) is 9.10. The molecule has 0 unspecified atom stereocenters. The maximum Gasteiger partial charge on any atom is 0.340 e. The highest BCUT2D eigenvalue weighted by molar-refractivity contribution is 8.00. The number of hydrogen-bond acceptors (Lipinski definition) is 7. The molecule has 0 bridgehead atoms. The van der Waals surface area contributed by atoms with Gasteiger partial charge in [0.25, 0.3) is 0 Å². The van der Waals surface area contributed by atoms with E-state index in [0.29, 0.717) is 10.7 Å². The highest BCUT2D eigenvalue weighted by Crippen LogP contribution is 2.23. The Kier molecular flexibility index (Phi) is 8.58. The van der Waals surface area contributed by atoms with E-state index in [0.717, 1.165) is 28.6 Å². The number of thioether (sulfide) groups is 1. The second kappa shape index (κ2) is 11.1. The van der Waals surface area contributed by atoms with Gasteiger partial charge in [0.1, 0.15) is 11.1 Å². The highest BCUT2D eigenvalue weighted by atomic mass is 32.2. The third-order valence-corrected chi connectivity index (χ3v) is 5.32. The van der Waals surface area contributed by atoms with Crippen LogP contribution in [-0.2, 0) is 14.3 Å². The molecule has 0 atom stereocenters. The molecule has 2 rings (SSSR count). The number of rotatable bonds is 8. The number of nitriles is 1. The molecule has 9 heteroatoms. The van der Waals surface area contributed by atoms with Gasteiger partial charge in [-0.15, -0.1) is 0 Å². The Morgan fingerprint density at radius 1 is 1.16 bits per heavy atom. The summed E-state index contributed by atoms with van der Waals surface area (Å²) in [7, 11) is 0. The number of aromatic nitrogens is 1. The zero-order valence-corrected chi connectivity index (χ0v) is 18.7. The predicted molar refractivity (Wildman–Crippen MR) is 118 cm³/mol. The molecule has 1 aromatic heterocycles. The number of esters is 1. The van der Waals surface area contributed by atoms with E-state index < -0.39 is 5.97 Å². The second-order valence-corrected chi connectivity index (χ2v) is 7.65. The molecule has 2 aromatic rings. The van der Waals surface area contributed by atoms with Gasteiger partial charge in [-0.05, 0) is 44.9 Å². The van der Waals surface area contributed by atoms with Crippen molar-refractivity contribution >= 4 is 35.2 Å². The minimum Gasteiger partial charge on any atom is -0.462 e. The van der Waals surface area contributed by atoms with Crippen LogP contribution in [0.15, 0.2) is 29.3 Å². The molecule has 2 N–H and O–H groups in total. The molecule has 0 spiro atoms.